The highest BCUT2D eigenvalue weighted by Crippen LogP contribution is 2.21. The Morgan fingerprint density at radius 2 is 2.43 bits per heavy atom. The normalized spacial score (nSPS) is 25.6. The van der Waals surface area contributed by atoms with E-state index >= 15 is 0 Å². The third-order valence-corrected chi connectivity index (χ3v) is 2.73. The van der Waals surface area contributed by atoms with Crippen LogP contribution in [-0.2, 0) is 0 Å². The predicted octanol–water partition coefficient (Wildman–Crippen LogP) is 1.52. The van der Waals surface area contributed by atoms with Crippen molar-refractivity contribution in [2.45, 2.75) is 25.8 Å². The lowest BCUT2D eigenvalue weighted by atomic mass is 9.91. The van der Waals surface area contributed by atoms with Crippen molar-refractivity contribution in [3.63, 3.8) is 0 Å². The minimum atomic E-state index is 0.169. The van der Waals surface area contributed by atoms with Crippen LogP contribution in [0.4, 0.5) is 0 Å². The number of aryl methyl sites for hydroxylation is 1. The molecule has 1 aliphatic rings. The van der Waals surface area contributed by atoms with Crippen molar-refractivity contribution in [1.82, 2.24) is 10.3 Å². The molecule has 0 unspecified atom stereocenters. The van der Waals surface area contributed by atoms with Crippen LogP contribution in [0.1, 0.15) is 19.0 Å². The third-order valence-electron chi connectivity index (χ3n) is 2.73. The molecule has 2 heterocycles. The molecule has 1 N–H and O–H groups in total. The van der Waals surface area contributed by atoms with Gasteiger partial charge >= 0.3 is 0 Å². The van der Waals surface area contributed by atoms with E-state index in [4.69, 9.17) is 4.74 Å². The molecular formula is C11H16N2O. The van der Waals surface area contributed by atoms with Crippen LogP contribution in [-0.4, -0.2) is 23.7 Å². The van der Waals surface area contributed by atoms with Gasteiger partial charge in [0.05, 0.1) is 11.2 Å². The average molecular weight is 192 g/mol. The van der Waals surface area contributed by atoms with Gasteiger partial charge in [0.2, 0.25) is 0 Å². The fourth-order valence-electron chi connectivity index (χ4n) is 1.53. The molecule has 14 heavy (non-hydrogen) atoms. The Bertz CT molecular complexity index is 321. The summed E-state index contributed by atoms with van der Waals surface area (Å²) < 4.78 is 5.72. The second kappa shape index (κ2) is 3.58. The molecule has 0 amide bonds. The molecule has 1 atom stereocenters. The van der Waals surface area contributed by atoms with E-state index in [1.165, 1.54) is 6.42 Å². The Labute approximate surface area is 84.5 Å². The largest absolute Gasteiger partial charge is 0.490 e. The van der Waals surface area contributed by atoms with E-state index in [0.29, 0.717) is 0 Å². The van der Waals surface area contributed by atoms with Gasteiger partial charge in [0.1, 0.15) is 12.4 Å². The van der Waals surface area contributed by atoms with E-state index < -0.39 is 0 Å². The van der Waals surface area contributed by atoms with Gasteiger partial charge in [-0.05, 0) is 38.9 Å². The highest BCUT2D eigenvalue weighted by molar-refractivity contribution is 5.25. The van der Waals surface area contributed by atoms with Gasteiger partial charge in [0.25, 0.3) is 0 Å². The van der Waals surface area contributed by atoms with Gasteiger partial charge in [-0.1, -0.05) is 0 Å². The Hall–Kier alpha value is -1.09. The van der Waals surface area contributed by atoms with Crippen LogP contribution in [0.3, 0.4) is 0 Å². The fraction of sp³-hybridized carbons (Fsp3) is 0.545. The molecule has 3 heteroatoms. The number of hydrogen-bond donors (Lipinski definition) is 1. The standard InChI is InChI=1S/C11H16N2O/c1-9-10(4-3-6-12-9)14-8-11(2)5-7-13-11/h3-4,6,13H,5,7-8H2,1-2H3/t11-/m0/s1. The van der Waals surface area contributed by atoms with Gasteiger partial charge in [0.15, 0.2) is 0 Å². The van der Waals surface area contributed by atoms with Crippen LogP contribution in [0.5, 0.6) is 5.75 Å². The molecule has 0 aliphatic carbocycles. The molecule has 76 valence electrons. The topological polar surface area (TPSA) is 34.1 Å². The summed E-state index contributed by atoms with van der Waals surface area (Å²) in [6, 6.07) is 3.86. The van der Waals surface area contributed by atoms with Crippen LogP contribution in [0.25, 0.3) is 0 Å². The molecular weight excluding hydrogens is 176 g/mol. The summed E-state index contributed by atoms with van der Waals surface area (Å²) in [6.45, 7) is 5.97. The first-order valence-corrected chi connectivity index (χ1v) is 4.99. The van der Waals surface area contributed by atoms with E-state index in [1.807, 2.05) is 19.1 Å². The summed E-state index contributed by atoms with van der Waals surface area (Å²) in [5.41, 5.74) is 1.12. The molecule has 0 aromatic carbocycles. The molecule has 0 spiro atoms. The van der Waals surface area contributed by atoms with Crippen molar-refractivity contribution >= 4 is 0 Å². The number of nitrogens with one attached hydrogen (secondary N) is 1. The van der Waals surface area contributed by atoms with E-state index in [0.717, 1.165) is 24.6 Å². The molecule has 1 fully saturated rings. The summed E-state index contributed by atoms with van der Waals surface area (Å²) in [7, 11) is 0. The first-order valence-electron chi connectivity index (χ1n) is 4.99. The summed E-state index contributed by atoms with van der Waals surface area (Å²) in [6.07, 6.45) is 2.97. The predicted molar refractivity (Wildman–Crippen MR) is 55.5 cm³/mol. The zero-order valence-corrected chi connectivity index (χ0v) is 8.71. The van der Waals surface area contributed by atoms with E-state index in [1.54, 1.807) is 6.20 Å². The lowest BCUT2D eigenvalue weighted by Crippen LogP contribution is -2.58. The summed E-state index contributed by atoms with van der Waals surface area (Å²) in [5.74, 6) is 0.891. The smallest absolute Gasteiger partial charge is 0.140 e. The van der Waals surface area contributed by atoms with Crippen LogP contribution in [0, 0.1) is 6.92 Å². The quantitative estimate of drug-likeness (QED) is 0.788. The maximum Gasteiger partial charge on any atom is 0.140 e. The van der Waals surface area contributed by atoms with Crippen molar-refractivity contribution in [3.05, 3.63) is 24.0 Å². The van der Waals surface area contributed by atoms with Crippen LogP contribution in [0.15, 0.2) is 18.3 Å². The Balaban J connectivity index is 1.95. The Morgan fingerprint density at radius 1 is 1.64 bits per heavy atom. The lowest BCUT2D eigenvalue weighted by molar-refractivity contribution is 0.131. The average Bonchev–Trinajstić information content (AvgIpc) is 2.14. The highest BCUT2D eigenvalue weighted by Gasteiger charge is 2.31. The van der Waals surface area contributed by atoms with Crippen molar-refractivity contribution in [2.24, 2.45) is 0 Å². The molecule has 1 aromatic heterocycles. The van der Waals surface area contributed by atoms with Gasteiger partial charge < -0.3 is 10.1 Å². The molecule has 1 aromatic rings. The van der Waals surface area contributed by atoms with Gasteiger partial charge in [-0.3, -0.25) is 4.98 Å². The van der Waals surface area contributed by atoms with E-state index in [-0.39, 0.29) is 5.54 Å². The van der Waals surface area contributed by atoms with Crippen molar-refractivity contribution in [3.8, 4) is 5.75 Å². The zero-order valence-electron chi connectivity index (χ0n) is 8.71. The number of hydrogen-bond acceptors (Lipinski definition) is 3. The second-order valence-corrected chi connectivity index (χ2v) is 4.11. The van der Waals surface area contributed by atoms with Gasteiger partial charge in [-0.15, -0.1) is 0 Å². The first kappa shape index (κ1) is 9.46. The lowest BCUT2D eigenvalue weighted by Gasteiger charge is -2.39. The SMILES string of the molecule is Cc1ncccc1OC[C@]1(C)CCN1. The van der Waals surface area contributed by atoms with Gasteiger partial charge in [0, 0.05) is 6.20 Å². The van der Waals surface area contributed by atoms with Crippen LogP contribution >= 0.6 is 0 Å². The third kappa shape index (κ3) is 1.87. The Kier molecular flexibility index (Phi) is 2.42. The number of ether oxygens (including phenoxy) is 1. The molecule has 0 saturated carbocycles. The van der Waals surface area contributed by atoms with Crippen molar-refractivity contribution < 1.29 is 4.74 Å². The van der Waals surface area contributed by atoms with Gasteiger partial charge in [-0.2, -0.15) is 0 Å². The monoisotopic (exact) mass is 192 g/mol. The molecule has 1 aliphatic heterocycles. The number of nitrogens with zero attached hydrogens (tertiary/aromatic N) is 1. The summed E-state index contributed by atoms with van der Waals surface area (Å²) in [5, 5.41) is 3.37. The van der Waals surface area contributed by atoms with Crippen molar-refractivity contribution in [1.29, 1.82) is 0 Å². The number of aromatic nitrogens is 1. The van der Waals surface area contributed by atoms with Crippen molar-refractivity contribution in [2.75, 3.05) is 13.2 Å². The number of pyridine rings is 1. The molecule has 1 saturated heterocycles. The van der Waals surface area contributed by atoms with Crippen LogP contribution in [0.2, 0.25) is 0 Å². The van der Waals surface area contributed by atoms with Gasteiger partial charge in [-0.25, -0.2) is 0 Å². The van der Waals surface area contributed by atoms with E-state index in [2.05, 4.69) is 17.2 Å². The highest BCUT2D eigenvalue weighted by atomic mass is 16.5. The first-order chi connectivity index (χ1) is 6.70. The molecule has 3 nitrogen and oxygen atoms in total. The van der Waals surface area contributed by atoms with E-state index in [9.17, 15) is 0 Å². The minimum Gasteiger partial charge on any atom is -0.490 e. The molecule has 0 radical (unpaired) electrons. The fourth-order valence-corrected chi connectivity index (χ4v) is 1.53. The maximum absolute atomic E-state index is 5.72. The summed E-state index contributed by atoms with van der Waals surface area (Å²) >= 11 is 0. The maximum atomic E-state index is 5.72. The minimum absolute atomic E-state index is 0.169. The molecule has 0 bridgehead atoms. The molecule has 2 rings (SSSR count). The van der Waals surface area contributed by atoms with Crippen LogP contribution < -0.4 is 10.1 Å². The summed E-state index contributed by atoms with van der Waals surface area (Å²) in [4.78, 5) is 4.18. The Morgan fingerprint density at radius 3 is 3.00 bits per heavy atom. The number of rotatable bonds is 3. The second-order valence-electron chi connectivity index (χ2n) is 4.11. The zero-order chi connectivity index (χ0) is 10.0.